The predicted molar refractivity (Wildman–Crippen MR) is 64.9 cm³/mol. The molecule has 100 valence electrons. The third kappa shape index (κ3) is 3.45. The number of nitrogens with one attached hydrogen (secondary N) is 2. The average Bonchev–Trinajstić information content (AvgIpc) is 2.84. The second-order valence-electron chi connectivity index (χ2n) is 3.67. The molecule has 2 rings (SSSR count). The van der Waals surface area contributed by atoms with Crippen LogP contribution < -0.4 is 16.6 Å². The van der Waals surface area contributed by atoms with E-state index in [4.69, 9.17) is 10.4 Å². The van der Waals surface area contributed by atoms with E-state index in [1.165, 1.54) is 12.4 Å². The van der Waals surface area contributed by atoms with Crippen molar-refractivity contribution in [2.24, 2.45) is 5.84 Å². The highest BCUT2D eigenvalue weighted by Gasteiger charge is 2.09. The van der Waals surface area contributed by atoms with Crippen LogP contribution in [0.5, 0.6) is 0 Å². The zero-order valence-electron chi connectivity index (χ0n) is 10.3. The summed E-state index contributed by atoms with van der Waals surface area (Å²) >= 11 is 0. The molecule has 0 atom stereocenters. The van der Waals surface area contributed by atoms with Gasteiger partial charge in [0.15, 0.2) is 11.6 Å². The molecule has 0 aliphatic heterocycles. The van der Waals surface area contributed by atoms with Crippen LogP contribution in [-0.4, -0.2) is 32.6 Å². The van der Waals surface area contributed by atoms with Crippen LogP contribution in [0.1, 0.15) is 22.2 Å². The van der Waals surface area contributed by atoms with Crippen molar-refractivity contribution in [2.45, 2.75) is 13.3 Å². The quantitative estimate of drug-likeness (QED) is 0.482. The lowest BCUT2D eigenvalue weighted by atomic mass is 10.3. The fourth-order valence-corrected chi connectivity index (χ4v) is 1.37. The van der Waals surface area contributed by atoms with Gasteiger partial charge in [0, 0.05) is 19.9 Å². The number of hydrazine groups is 1. The van der Waals surface area contributed by atoms with Crippen molar-refractivity contribution < 1.29 is 9.32 Å². The van der Waals surface area contributed by atoms with Gasteiger partial charge < -0.3 is 15.3 Å². The summed E-state index contributed by atoms with van der Waals surface area (Å²) < 4.78 is 4.82. The van der Waals surface area contributed by atoms with Crippen LogP contribution in [0.2, 0.25) is 0 Å². The van der Waals surface area contributed by atoms with Crippen LogP contribution in [0.25, 0.3) is 0 Å². The van der Waals surface area contributed by atoms with Crippen LogP contribution in [-0.2, 0) is 6.42 Å². The number of hydrogen-bond donors (Lipinski definition) is 3. The topological polar surface area (TPSA) is 132 Å². The smallest absolute Gasteiger partial charge is 0.271 e. The summed E-state index contributed by atoms with van der Waals surface area (Å²) in [5.41, 5.74) is 2.50. The van der Waals surface area contributed by atoms with E-state index in [0.29, 0.717) is 30.5 Å². The molecule has 0 saturated carbocycles. The van der Waals surface area contributed by atoms with Crippen LogP contribution in [0.3, 0.4) is 0 Å². The summed E-state index contributed by atoms with van der Waals surface area (Å²) in [5.74, 6) is 6.20. The largest absolute Gasteiger partial charge is 0.350 e. The number of aromatic nitrogens is 4. The van der Waals surface area contributed by atoms with E-state index in [9.17, 15) is 4.79 Å². The minimum atomic E-state index is -0.343. The number of amides is 1. The maximum Gasteiger partial charge on any atom is 0.271 e. The molecule has 1 amide bonds. The maximum absolute atomic E-state index is 11.8. The van der Waals surface area contributed by atoms with Crippen LogP contribution in [0.4, 0.5) is 5.82 Å². The van der Waals surface area contributed by atoms with Gasteiger partial charge in [0.25, 0.3) is 5.91 Å². The molecule has 0 radical (unpaired) electrons. The first kappa shape index (κ1) is 12.9. The Balaban J connectivity index is 1.87. The lowest BCUT2D eigenvalue weighted by Crippen LogP contribution is -2.27. The molecule has 0 fully saturated rings. The number of anilines is 1. The van der Waals surface area contributed by atoms with E-state index in [-0.39, 0.29) is 11.6 Å². The van der Waals surface area contributed by atoms with Crippen molar-refractivity contribution in [2.75, 3.05) is 12.0 Å². The Morgan fingerprint density at radius 3 is 2.95 bits per heavy atom. The van der Waals surface area contributed by atoms with Gasteiger partial charge in [-0.05, 0) is 0 Å². The molecule has 0 aliphatic carbocycles. The molecule has 0 bridgehead atoms. The highest BCUT2D eigenvalue weighted by Crippen LogP contribution is 2.00. The zero-order valence-corrected chi connectivity index (χ0v) is 10.3. The molecule has 9 heteroatoms. The van der Waals surface area contributed by atoms with E-state index in [0.717, 1.165) is 0 Å². The minimum Gasteiger partial charge on any atom is -0.350 e. The van der Waals surface area contributed by atoms with Crippen LogP contribution in [0.15, 0.2) is 16.9 Å². The van der Waals surface area contributed by atoms with Gasteiger partial charge >= 0.3 is 0 Å². The molecule has 4 N–H and O–H groups in total. The summed E-state index contributed by atoms with van der Waals surface area (Å²) in [6, 6.07) is 0. The van der Waals surface area contributed by atoms with E-state index >= 15 is 0 Å². The van der Waals surface area contributed by atoms with Gasteiger partial charge in [-0.3, -0.25) is 9.78 Å². The Kier molecular flexibility index (Phi) is 3.98. The van der Waals surface area contributed by atoms with Crippen LogP contribution >= 0.6 is 0 Å². The van der Waals surface area contributed by atoms with Crippen molar-refractivity contribution in [3.8, 4) is 0 Å². The molecule has 0 saturated heterocycles. The van der Waals surface area contributed by atoms with Gasteiger partial charge in [-0.25, -0.2) is 10.8 Å². The molecule has 2 aromatic heterocycles. The molecule has 2 heterocycles. The van der Waals surface area contributed by atoms with Crippen LogP contribution in [0, 0.1) is 6.92 Å². The molecule has 0 spiro atoms. The standard InChI is InChI=1S/C10H13N7O2/c1-6-14-8(17-19-6)2-3-13-10(18)7-4-12-5-9(15-7)16-11/h4-5H,2-3,11H2,1H3,(H,13,18)(H,15,16). The zero-order chi connectivity index (χ0) is 13.7. The summed E-state index contributed by atoms with van der Waals surface area (Å²) in [7, 11) is 0. The Bertz CT molecular complexity index is 569. The van der Waals surface area contributed by atoms with Gasteiger partial charge in [0.2, 0.25) is 5.89 Å². The Labute approximate surface area is 108 Å². The number of hydrogen-bond acceptors (Lipinski definition) is 8. The summed E-state index contributed by atoms with van der Waals surface area (Å²) in [6.07, 6.45) is 3.25. The van der Waals surface area contributed by atoms with E-state index in [1.807, 2.05) is 0 Å². The first-order valence-corrected chi connectivity index (χ1v) is 5.55. The van der Waals surface area contributed by atoms with Gasteiger partial charge in [0.1, 0.15) is 5.69 Å². The fraction of sp³-hybridized carbons (Fsp3) is 0.300. The Morgan fingerprint density at radius 1 is 1.42 bits per heavy atom. The first-order valence-electron chi connectivity index (χ1n) is 5.55. The molecule has 0 unspecified atom stereocenters. The second kappa shape index (κ2) is 5.87. The number of rotatable bonds is 5. The molecule has 0 aliphatic rings. The predicted octanol–water partition coefficient (Wildman–Crippen LogP) is -0.574. The fourth-order valence-electron chi connectivity index (χ4n) is 1.37. The number of nitrogen functional groups attached to an aromatic ring is 1. The highest BCUT2D eigenvalue weighted by atomic mass is 16.5. The maximum atomic E-state index is 11.8. The van der Waals surface area contributed by atoms with Gasteiger partial charge in [-0.2, -0.15) is 4.98 Å². The number of carbonyl (C=O) groups excluding carboxylic acids is 1. The Morgan fingerprint density at radius 2 is 2.26 bits per heavy atom. The summed E-state index contributed by atoms with van der Waals surface area (Å²) in [6.45, 7) is 2.08. The number of carbonyl (C=O) groups is 1. The first-order chi connectivity index (χ1) is 9.19. The average molecular weight is 263 g/mol. The molecule has 0 aromatic carbocycles. The second-order valence-corrected chi connectivity index (χ2v) is 3.67. The van der Waals surface area contributed by atoms with Crippen molar-refractivity contribution in [1.82, 2.24) is 25.4 Å². The summed E-state index contributed by atoms with van der Waals surface area (Å²) in [5, 5.41) is 6.40. The van der Waals surface area contributed by atoms with Crippen molar-refractivity contribution in [3.63, 3.8) is 0 Å². The van der Waals surface area contributed by atoms with Gasteiger partial charge in [0.05, 0.1) is 12.4 Å². The van der Waals surface area contributed by atoms with Gasteiger partial charge in [-0.15, -0.1) is 0 Å². The van der Waals surface area contributed by atoms with Gasteiger partial charge in [-0.1, -0.05) is 5.16 Å². The van der Waals surface area contributed by atoms with Crippen molar-refractivity contribution in [1.29, 1.82) is 0 Å². The normalized spacial score (nSPS) is 10.2. The molecular weight excluding hydrogens is 250 g/mol. The number of aryl methyl sites for hydroxylation is 1. The minimum absolute atomic E-state index is 0.180. The lowest BCUT2D eigenvalue weighted by Gasteiger charge is -2.04. The number of nitrogens with zero attached hydrogens (tertiary/aromatic N) is 4. The SMILES string of the molecule is Cc1nc(CCNC(=O)c2cncc(NN)n2)no1. The van der Waals surface area contributed by atoms with Crippen molar-refractivity contribution in [3.05, 3.63) is 29.8 Å². The third-order valence-corrected chi connectivity index (χ3v) is 2.22. The molecule has 9 nitrogen and oxygen atoms in total. The summed E-state index contributed by atoms with van der Waals surface area (Å²) in [4.78, 5) is 23.6. The van der Waals surface area contributed by atoms with E-state index in [1.54, 1.807) is 6.92 Å². The molecule has 2 aromatic rings. The lowest BCUT2D eigenvalue weighted by molar-refractivity contribution is 0.0948. The monoisotopic (exact) mass is 263 g/mol. The van der Waals surface area contributed by atoms with E-state index < -0.39 is 0 Å². The molecule has 19 heavy (non-hydrogen) atoms. The molecular formula is C10H13N7O2. The Hall–Kier alpha value is -2.55. The highest BCUT2D eigenvalue weighted by molar-refractivity contribution is 5.92. The van der Waals surface area contributed by atoms with E-state index in [2.05, 4.69) is 30.9 Å². The van der Waals surface area contributed by atoms with Crippen molar-refractivity contribution >= 4 is 11.7 Å². The number of nitrogens with two attached hydrogens (primary N) is 1. The third-order valence-electron chi connectivity index (χ3n) is 2.22.